The van der Waals surface area contributed by atoms with Gasteiger partial charge < -0.3 is 20.9 Å². The number of nitrogen functional groups attached to an aromatic ring is 2. The van der Waals surface area contributed by atoms with Crippen LogP contribution >= 0.6 is 0 Å². The van der Waals surface area contributed by atoms with Gasteiger partial charge in [-0.05, 0) is 48.9 Å². The molecule has 122 valence electrons. The lowest BCUT2D eigenvalue weighted by atomic mass is 10.2. The van der Waals surface area contributed by atoms with Gasteiger partial charge in [0, 0.05) is 11.4 Å². The Labute approximate surface area is 135 Å². The summed E-state index contributed by atoms with van der Waals surface area (Å²) in [5.74, 6) is 0.630. The van der Waals surface area contributed by atoms with Gasteiger partial charge in [-0.1, -0.05) is 12.1 Å². The van der Waals surface area contributed by atoms with Gasteiger partial charge in [-0.2, -0.15) is 0 Å². The number of rotatable bonds is 6. The first kappa shape index (κ1) is 16.5. The van der Waals surface area contributed by atoms with Crippen LogP contribution in [0.5, 0.6) is 5.75 Å². The number of amides is 1. The highest BCUT2D eigenvalue weighted by molar-refractivity contribution is 5.67. The summed E-state index contributed by atoms with van der Waals surface area (Å²) >= 11 is 0. The molecule has 2 aromatic carbocycles. The Bertz CT molecular complexity index is 627. The van der Waals surface area contributed by atoms with Crippen molar-refractivity contribution in [3.8, 4) is 5.75 Å². The Hall–Kier alpha value is -2.89. The van der Waals surface area contributed by atoms with Gasteiger partial charge >= 0.3 is 6.09 Å². The van der Waals surface area contributed by atoms with E-state index in [1.807, 2.05) is 12.1 Å². The maximum atomic E-state index is 12.1. The van der Waals surface area contributed by atoms with Gasteiger partial charge in [-0.15, -0.1) is 0 Å². The lowest BCUT2D eigenvalue weighted by molar-refractivity contribution is 0.0693. The highest BCUT2D eigenvalue weighted by atomic mass is 16.6. The summed E-state index contributed by atoms with van der Waals surface area (Å²) < 4.78 is 10.7. The van der Waals surface area contributed by atoms with Crippen molar-refractivity contribution in [1.29, 1.82) is 0 Å². The van der Waals surface area contributed by atoms with E-state index in [-0.39, 0.29) is 6.73 Å². The number of nitrogens with two attached hydrogens (primary N) is 2. The van der Waals surface area contributed by atoms with Crippen molar-refractivity contribution in [2.24, 2.45) is 0 Å². The van der Waals surface area contributed by atoms with Crippen molar-refractivity contribution in [3.63, 3.8) is 0 Å². The normalized spacial score (nSPS) is 10.1. The second-order valence-corrected chi connectivity index (χ2v) is 4.98. The van der Waals surface area contributed by atoms with Gasteiger partial charge in [0.25, 0.3) is 0 Å². The van der Waals surface area contributed by atoms with Crippen molar-refractivity contribution < 1.29 is 14.3 Å². The highest BCUT2D eigenvalue weighted by Crippen LogP contribution is 2.15. The van der Waals surface area contributed by atoms with Crippen molar-refractivity contribution in [3.05, 3.63) is 54.1 Å². The van der Waals surface area contributed by atoms with Crippen LogP contribution in [0, 0.1) is 0 Å². The molecule has 0 aromatic heterocycles. The van der Waals surface area contributed by atoms with Crippen LogP contribution in [0.3, 0.4) is 0 Å². The molecule has 0 fully saturated rings. The topological polar surface area (TPSA) is 90.8 Å². The Kier molecular flexibility index (Phi) is 5.68. The number of benzene rings is 2. The molecule has 0 bridgehead atoms. The van der Waals surface area contributed by atoms with E-state index < -0.39 is 6.09 Å². The minimum absolute atomic E-state index is 0.0765. The first-order valence-corrected chi connectivity index (χ1v) is 7.33. The van der Waals surface area contributed by atoms with E-state index in [1.54, 1.807) is 43.3 Å². The smallest absolute Gasteiger partial charge is 0.412 e. The molecule has 0 aliphatic carbocycles. The van der Waals surface area contributed by atoms with E-state index in [2.05, 4.69) is 0 Å². The van der Waals surface area contributed by atoms with Gasteiger partial charge in [-0.3, -0.25) is 4.90 Å². The predicted octanol–water partition coefficient (Wildman–Crippen LogP) is 2.85. The van der Waals surface area contributed by atoms with Crippen LogP contribution in [0.4, 0.5) is 16.2 Å². The van der Waals surface area contributed by atoms with Crippen molar-refractivity contribution >= 4 is 17.5 Å². The van der Waals surface area contributed by atoms with Gasteiger partial charge in [0.05, 0.1) is 13.2 Å². The Morgan fingerprint density at radius 3 is 2.13 bits per heavy atom. The average molecular weight is 315 g/mol. The fourth-order valence-corrected chi connectivity index (χ4v) is 1.94. The molecule has 4 N–H and O–H groups in total. The van der Waals surface area contributed by atoms with E-state index in [0.717, 1.165) is 5.56 Å². The molecule has 23 heavy (non-hydrogen) atoms. The van der Waals surface area contributed by atoms with E-state index in [1.165, 1.54) is 4.90 Å². The summed E-state index contributed by atoms with van der Waals surface area (Å²) in [7, 11) is 0. The minimum Gasteiger partial charge on any atom is -0.473 e. The van der Waals surface area contributed by atoms with Crippen LogP contribution in [-0.2, 0) is 11.3 Å². The molecule has 0 unspecified atom stereocenters. The average Bonchev–Trinajstić information content (AvgIpc) is 2.55. The molecule has 0 spiro atoms. The number of ether oxygens (including phenoxy) is 2. The molecule has 6 nitrogen and oxygen atoms in total. The zero-order valence-electron chi connectivity index (χ0n) is 13.1. The molecule has 0 saturated heterocycles. The lowest BCUT2D eigenvalue weighted by Crippen LogP contribution is -2.34. The molecule has 0 aliphatic heterocycles. The summed E-state index contributed by atoms with van der Waals surface area (Å²) in [6.45, 7) is 2.51. The molecule has 0 aliphatic rings. The Balaban J connectivity index is 2.02. The fraction of sp³-hybridized carbons (Fsp3) is 0.235. The quantitative estimate of drug-likeness (QED) is 0.632. The van der Waals surface area contributed by atoms with Crippen molar-refractivity contribution in [1.82, 2.24) is 4.90 Å². The fourth-order valence-electron chi connectivity index (χ4n) is 1.94. The molecule has 1 amide bonds. The van der Waals surface area contributed by atoms with E-state index in [0.29, 0.717) is 30.3 Å². The van der Waals surface area contributed by atoms with Crippen LogP contribution in [0.2, 0.25) is 0 Å². The maximum absolute atomic E-state index is 12.1. The molecule has 0 radical (unpaired) electrons. The summed E-state index contributed by atoms with van der Waals surface area (Å²) in [5.41, 5.74) is 13.6. The molecule has 2 rings (SSSR count). The minimum atomic E-state index is -0.431. The lowest BCUT2D eigenvalue weighted by Gasteiger charge is -2.22. The van der Waals surface area contributed by atoms with Gasteiger partial charge in [0.15, 0.2) is 6.73 Å². The first-order valence-electron chi connectivity index (χ1n) is 7.33. The third kappa shape index (κ3) is 5.10. The first-order chi connectivity index (χ1) is 11.1. The molecule has 6 heteroatoms. The Morgan fingerprint density at radius 2 is 1.57 bits per heavy atom. The number of carbonyl (C=O) groups is 1. The summed E-state index contributed by atoms with van der Waals surface area (Å²) in [5, 5.41) is 0. The van der Waals surface area contributed by atoms with Crippen LogP contribution in [-0.4, -0.2) is 24.3 Å². The van der Waals surface area contributed by atoms with Crippen LogP contribution in [0.15, 0.2) is 48.5 Å². The molecule has 0 heterocycles. The third-order valence-corrected chi connectivity index (χ3v) is 3.15. The third-order valence-electron chi connectivity index (χ3n) is 3.15. The SMILES string of the molecule is CCOC(=O)N(COc1ccc(N)cc1)Cc1ccc(N)cc1. The largest absolute Gasteiger partial charge is 0.473 e. The predicted molar refractivity (Wildman–Crippen MR) is 89.8 cm³/mol. The van der Waals surface area contributed by atoms with Gasteiger partial charge in [0.1, 0.15) is 5.75 Å². The molecule has 0 atom stereocenters. The van der Waals surface area contributed by atoms with Crippen molar-refractivity contribution in [2.45, 2.75) is 13.5 Å². The van der Waals surface area contributed by atoms with Crippen LogP contribution < -0.4 is 16.2 Å². The number of nitrogens with zero attached hydrogens (tertiary/aromatic N) is 1. The second-order valence-electron chi connectivity index (χ2n) is 4.98. The molecule has 0 saturated carbocycles. The summed E-state index contributed by atoms with van der Waals surface area (Å²) in [4.78, 5) is 13.5. The maximum Gasteiger partial charge on any atom is 0.412 e. The number of hydrogen-bond donors (Lipinski definition) is 2. The number of anilines is 2. The summed E-state index contributed by atoms with van der Waals surface area (Å²) in [6, 6.07) is 14.3. The van der Waals surface area contributed by atoms with E-state index in [9.17, 15) is 4.79 Å². The number of carbonyl (C=O) groups excluding carboxylic acids is 1. The van der Waals surface area contributed by atoms with E-state index in [4.69, 9.17) is 20.9 Å². The highest BCUT2D eigenvalue weighted by Gasteiger charge is 2.15. The van der Waals surface area contributed by atoms with Crippen molar-refractivity contribution in [2.75, 3.05) is 24.8 Å². The standard InChI is InChI=1S/C17H21N3O3/c1-2-22-17(21)20(11-13-3-5-14(18)6-4-13)12-23-16-9-7-15(19)8-10-16/h3-10H,2,11-12,18-19H2,1H3. The molecule has 2 aromatic rings. The van der Waals surface area contributed by atoms with Gasteiger partial charge in [-0.25, -0.2) is 4.79 Å². The monoisotopic (exact) mass is 315 g/mol. The zero-order chi connectivity index (χ0) is 16.7. The Morgan fingerprint density at radius 1 is 1.00 bits per heavy atom. The zero-order valence-corrected chi connectivity index (χ0v) is 13.1. The molecular weight excluding hydrogens is 294 g/mol. The number of hydrogen-bond acceptors (Lipinski definition) is 5. The summed E-state index contributed by atoms with van der Waals surface area (Å²) in [6.07, 6.45) is -0.431. The van der Waals surface area contributed by atoms with Gasteiger partial charge in [0.2, 0.25) is 0 Å². The van der Waals surface area contributed by atoms with E-state index >= 15 is 0 Å². The van der Waals surface area contributed by atoms with Crippen LogP contribution in [0.25, 0.3) is 0 Å². The second kappa shape index (κ2) is 7.93. The van der Waals surface area contributed by atoms with Crippen LogP contribution in [0.1, 0.15) is 12.5 Å². The molecular formula is C17H21N3O3.